The molecule has 0 spiro atoms. The van der Waals surface area contributed by atoms with Gasteiger partial charge < -0.3 is 14.9 Å². The SMILES string of the molecule is CC[C@@H](C)[C@H]1O[C@]1(C)[C@]1(O)C(C)=C[C@@H]2CC(C)=CC[C@H]2[C@@H]1/C=C/C=C/C=C/CO. The molecule has 2 aliphatic carbocycles. The summed E-state index contributed by atoms with van der Waals surface area (Å²) in [7, 11) is 0. The van der Waals surface area contributed by atoms with Gasteiger partial charge in [-0.15, -0.1) is 0 Å². The smallest absolute Gasteiger partial charge is 0.125 e. The summed E-state index contributed by atoms with van der Waals surface area (Å²) in [5.74, 6) is 1.28. The van der Waals surface area contributed by atoms with Gasteiger partial charge in [0, 0.05) is 5.92 Å². The van der Waals surface area contributed by atoms with Crippen LogP contribution in [0, 0.1) is 23.7 Å². The Morgan fingerprint density at radius 1 is 1.24 bits per heavy atom. The number of ether oxygens (including phenoxy) is 1. The van der Waals surface area contributed by atoms with E-state index in [2.05, 4.69) is 52.8 Å². The Labute approximate surface area is 176 Å². The molecule has 2 N–H and O–H groups in total. The van der Waals surface area contributed by atoms with E-state index in [1.54, 1.807) is 6.08 Å². The van der Waals surface area contributed by atoms with Gasteiger partial charge in [0.2, 0.25) is 0 Å². The van der Waals surface area contributed by atoms with E-state index in [-0.39, 0.29) is 18.6 Å². The van der Waals surface area contributed by atoms with E-state index in [1.807, 2.05) is 24.3 Å². The van der Waals surface area contributed by atoms with Crippen molar-refractivity contribution in [2.75, 3.05) is 6.61 Å². The topological polar surface area (TPSA) is 53.0 Å². The highest BCUT2D eigenvalue weighted by Crippen LogP contribution is 2.60. The second-order valence-corrected chi connectivity index (χ2v) is 9.37. The van der Waals surface area contributed by atoms with Crippen molar-refractivity contribution in [3.05, 3.63) is 59.8 Å². The summed E-state index contributed by atoms with van der Waals surface area (Å²) in [5, 5.41) is 21.1. The predicted octanol–water partition coefficient (Wildman–Crippen LogP) is 5.13. The lowest BCUT2D eigenvalue weighted by Crippen LogP contribution is -2.57. The third-order valence-electron chi connectivity index (χ3n) is 7.52. The molecule has 0 aromatic heterocycles. The van der Waals surface area contributed by atoms with Crippen LogP contribution < -0.4 is 0 Å². The van der Waals surface area contributed by atoms with Crippen LogP contribution in [0.1, 0.15) is 53.9 Å². The van der Waals surface area contributed by atoms with Gasteiger partial charge in [0.05, 0.1) is 12.7 Å². The van der Waals surface area contributed by atoms with Gasteiger partial charge in [0.25, 0.3) is 0 Å². The Bertz CT molecular complexity index is 743. The third-order valence-corrected chi connectivity index (χ3v) is 7.52. The first-order valence-electron chi connectivity index (χ1n) is 11.1. The molecule has 7 atom stereocenters. The second kappa shape index (κ2) is 8.75. The zero-order valence-corrected chi connectivity index (χ0v) is 18.6. The zero-order chi connectivity index (χ0) is 21.2. The zero-order valence-electron chi connectivity index (χ0n) is 18.6. The third kappa shape index (κ3) is 3.97. The number of rotatable bonds is 7. The van der Waals surface area contributed by atoms with Gasteiger partial charge in [-0.05, 0) is 56.9 Å². The Hall–Kier alpha value is -1.42. The normalized spacial score (nSPS) is 40.9. The number of hydrogen-bond donors (Lipinski definition) is 2. The molecule has 3 rings (SSSR count). The fraction of sp³-hybridized carbons (Fsp3) is 0.615. The van der Waals surface area contributed by atoms with E-state index in [0.29, 0.717) is 17.8 Å². The highest BCUT2D eigenvalue weighted by atomic mass is 16.6. The van der Waals surface area contributed by atoms with Gasteiger partial charge in [-0.1, -0.05) is 74.4 Å². The van der Waals surface area contributed by atoms with Crippen LogP contribution in [0.3, 0.4) is 0 Å². The molecule has 3 nitrogen and oxygen atoms in total. The lowest BCUT2D eigenvalue weighted by atomic mass is 9.56. The Morgan fingerprint density at radius 2 is 1.97 bits per heavy atom. The van der Waals surface area contributed by atoms with Crippen LogP contribution in [0.2, 0.25) is 0 Å². The van der Waals surface area contributed by atoms with Crippen molar-refractivity contribution in [1.29, 1.82) is 0 Å². The monoisotopic (exact) mass is 398 g/mol. The van der Waals surface area contributed by atoms with E-state index in [0.717, 1.165) is 24.8 Å². The first-order chi connectivity index (χ1) is 13.8. The Kier molecular flexibility index (Phi) is 6.72. The van der Waals surface area contributed by atoms with Crippen LogP contribution in [0.15, 0.2) is 59.8 Å². The quantitative estimate of drug-likeness (QED) is 0.355. The molecule has 3 heteroatoms. The van der Waals surface area contributed by atoms with Crippen molar-refractivity contribution < 1.29 is 14.9 Å². The van der Waals surface area contributed by atoms with Gasteiger partial charge in [0.1, 0.15) is 11.2 Å². The lowest BCUT2D eigenvalue weighted by Gasteiger charge is -2.50. The first kappa shape index (κ1) is 22.3. The number of fused-ring (bicyclic) bond motifs is 1. The summed E-state index contributed by atoms with van der Waals surface area (Å²) >= 11 is 0. The van der Waals surface area contributed by atoms with Gasteiger partial charge >= 0.3 is 0 Å². The molecule has 1 aliphatic heterocycles. The van der Waals surface area contributed by atoms with Gasteiger partial charge in [-0.2, -0.15) is 0 Å². The molecule has 1 heterocycles. The number of aliphatic hydroxyl groups is 2. The lowest BCUT2D eigenvalue weighted by molar-refractivity contribution is -0.0650. The van der Waals surface area contributed by atoms with E-state index in [4.69, 9.17) is 9.84 Å². The van der Waals surface area contributed by atoms with Crippen molar-refractivity contribution in [3.8, 4) is 0 Å². The average molecular weight is 399 g/mol. The highest BCUT2D eigenvalue weighted by molar-refractivity contribution is 5.38. The van der Waals surface area contributed by atoms with Crippen molar-refractivity contribution in [1.82, 2.24) is 0 Å². The van der Waals surface area contributed by atoms with Crippen LogP contribution in [0.5, 0.6) is 0 Å². The van der Waals surface area contributed by atoms with Gasteiger partial charge in [-0.25, -0.2) is 0 Å². The second-order valence-electron chi connectivity index (χ2n) is 9.37. The van der Waals surface area contributed by atoms with E-state index in [1.165, 1.54) is 5.57 Å². The molecule has 3 aliphatic rings. The summed E-state index contributed by atoms with van der Waals surface area (Å²) in [6.07, 6.45) is 19.5. The molecule has 0 aromatic carbocycles. The summed E-state index contributed by atoms with van der Waals surface area (Å²) in [6, 6.07) is 0. The first-order valence-corrected chi connectivity index (χ1v) is 11.1. The summed E-state index contributed by atoms with van der Waals surface area (Å²) in [6.45, 7) is 10.9. The minimum atomic E-state index is -0.993. The van der Waals surface area contributed by atoms with Crippen molar-refractivity contribution >= 4 is 0 Å². The number of epoxide rings is 1. The summed E-state index contributed by atoms with van der Waals surface area (Å²) in [4.78, 5) is 0. The number of allylic oxidation sites excluding steroid dienone is 7. The Morgan fingerprint density at radius 3 is 2.66 bits per heavy atom. The molecule has 0 amide bonds. The van der Waals surface area contributed by atoms with Gasteiger partial charge in [0.15, 0.2) is 0 Å². The molecule has 0 bridgehead atoms. The molecule has 160 valence electrons. The maximum absolute atomic E-state index is 12.2. The van der Waals surface area contributed by atoms with Crippen LogP contribution in [-0.2, 0) is 4.74 Å². The minimum Gasteiger partial charge on any atom is -0.392 e. The van der Waals surface area contributed by atoms with Gasteiger partial charge in [-0.3, -0.25) is 0 Å². The fourth-order valence-corrected chi connectivity index (χ4v) is 5.60. The molecular weight excluding hydrogens is 360 g/mol. The van der Waals surface area contributed by atoms with Crippen LogP contribution in [0.4, 0.5) is 0 Å². The van der Waals surface area contributed by atoms with E-state index < -0.39 is 11.2 Å². The molecule has 1 fully saturated rings. The van der Waals surface area contributed by atoms with E-state index in [9.17, 15) is 5.11 Å². The van der Waals surface area contributed by atoms with Crippen LogP contribution in [0.25, 0.3) is 0 Å². The van der Waals surface area contributed by atoms with Crippen molar-refractivity contribution in [3.63, 3.8) is 0 Å². The van der Waals surface area contributed by atoms with Crippen molar-refractivity contribution in [2.45, 2.75) is 71.2 Å². The minimum absolute atomic E-state index is 0.00683. The highest BCUT2D eigenvalue weighted by Gasteiger charge is 2.70. The number of hydrogen-bond acceptors (Lipinski definition) is 3. The summed E-state index contributed by atoms with van der Waals surface area (Å²) in [5.41, 5.74) is 0.969. The largest absolute Gasteiger partial charge is 0.392 e. The maximum Gasteiger partial charge on any atom is 0.125 e. The predicted molar refractivity (Wildman–Crippen MR) is 119 cm³/mol. The fourth-order valence-electron chi connectivity index (χ4n) is 5.60. The van der Waals surface area contributed by atoms with Crippen molar-refractivity contribution in [2.24, 2.45) is 23.7 Å². The van der Waals surface area contributed by atoms with Crippen LogP contribution in [-0.4, -0.2) is 34.1 Å². The summed E-state index contributed by atoms with van der Waals surface area (Å²) < 4.78 is 6.26. The average Bonchev–Trinajstić information content (AvgIpc) is 3.40. The maximum atomic E-state index is 12.2. The van der Waals surface area contributed by atoms with E-state index >= 15 is 0 Å². The molecule has 0 saturated carbocycles. The molecular formula is C26H38O3. The molecule has 1 saturated heterocycles. The molecule has 0 aromatic rings. The molecule has 29 heavy (non-hydrogen) atoms. The molecule has 0 unspecified atom stereocenters. The molecule has 0 radical (unpaired) electrons. The van der Waals surface area contributed by atoms with Crippen LogP contribution >= 0.6 is 0 Å². The Balaban J connectivity index is 1.96. The number of aliphatic hydroxyl groups excluding tert-OH is 1. The standard InChI is InChI=1S/C26H38O3/c1-6-19(3)24-25(5,29-24)26(28)20(4)17-21-16-18(2)13-14-22(21)23(26)12-10-8-7-9-11-15-27/h7-13,17,19,21-24,27-28H,6,14-16H2,1-5H3/b8-7+,11-9+,12-10+/t19-,21+,22-,23+,24-,25+,26+/m1/s1.